The summed E-state index contributed by atoms with van der Waals surface area (Å²) in [5.74, 6) is 0.769. The van der Waals surface area contributed by atoms with Gasteiger partial charge in [0, 0.05) is 32.1 Å². The van der Waals surface area contributed by atoms with Gasteiger partial charge in [0.1, 0.15) is 11.9 Å². The van der Waals surface area contributed by atoms with Gasteiger partial charge in [-0.2, -0.15) is 0 Å². The maximum Gasteiger partial charge on any atom is 0.320 e. The van der Waals surface area contributed by atoms with Crippen LogP contribution in [0.3, 0.4) is 0 Å². The molecule has 3 aliphatic heterocycles. The van der Waals surface area contributed by atoms with E-state index in [1.165, 1.54) is 18.4 Å². The first-order valence-corrected chi connectivity index (χ1v) is 12.1. The molecule has 1 spiro atoms. The molecule has 0 amide bonds. The van der Waals surface area contributed by atoms with E-state index in [2.05, 4.69) is 9.80 Å². The molecule has 5 nitrogen and oxygen atoms in total. The summed E-state index contributed by atoms with van der Waals surface area (Å²) in [6.07, 6.45) is 7.51. The Kier molecular flexibility index (Phi) is 6.06. The largest absolute Gasteiger partial charge is 0.480 e. The van der Waals surface area contributed by atoms with Crippen molar-refractivity contribution in [3.63, 3.8) is 0 Å². The molecule has 1 aromatic rings. The third-order valence-corrected chi connectivity index (χ3v) is 8.13. The Bertz CT molecular complexity index is 773. The molecule has 31 heavy (non-hydrogen) atoms. The monoisotopic (exact) mass is 430 g/mol. The van der Waals surface area contributed by atoms with E-state index in [4.69, 9.17) is 4.74 Å². The number of ether oxygens (including phenoxy) is 1. The molecule has 1 aliphatic carbocycles. The molecule has 1 N–H and O–H groups in total. The third kappa shape index (κ3) is 4.96. The average Bonchev–Trinajstić information content (AvgIpc) is 3.32. The average molecular weight is 431 g/mol. The molecule has 4 fully saturated rings. The number of halogens is 1. The van der Waals surface area contributed by atoms with Crippen molar-refractivity contribution in [2.24, 2.45) is 11.8 Å². The number of hydrogen-bond acceptors (Lipinski definition) is 4. The van der Waals surface area contributed by atoms with Gasteiger partial charge >= 0.3 is 5.97 Å². The van der Waals surface area contributed by atoms with Crippen molar-refractivity contribution >= 4 is 5.97 Å². The lowest BCUT2D eigenvalue weighted by Crippen LogP contribution is -2.46. The van der Waals surface area contributed by atoms with Crippen LogP contribution in [0.2, 0.25) is 0 Å². The number of piperidine rings is 1. The van der Waals surface area contributed by atoms with Gasteiger partial charge in [-0.25, -0.2) is 4.39 Å². The van der Waals surface area contributed by atoms with E-state index in [0.717, 1.165) is 71.4 Å². The first-order chi connectivity index (χ1) is 15.0. The second-order valence-electron chi connectivity index (χ2n) is 10.4. The minimum absolute atomic E-state index is 0.0179. The van der Waals surface area contributed by atoms with E-state index in [-0.39, 0.29) is 17.5 Å². The Morgan fingerprint density at radius 2 is 1.87 bits per heavy atom. The van der Waals surface area contributed by atoms with E-state index in [0.29, 0.717) is 17.8 Å². The third-order valence-electron chi connectivity index (χ3n) is 8.13. The Balaban J connectivity index is 1.09. The van der Waals surface area contributed by atoms with Gasteiger partial charge in [0.15, 0.2) is 0 Å². The molecule has 3 heterocycles. The van der Waals surface area contributed by atoms with Crippen LogP contribution in [0.15, 0.2) is 24.3 Å². The molecule has 5 rings (SSSR count). The van der Waals surface area contributed by atoms with E-state index in [1.54, 1.807) is 12.1 Å². The number of carboxylic acid groups (broad SMARTS) is 1. The van der Waals surface area contributed by atoms with E-state index in [1.807, 2.05) is 12.1 Å². The van der Waals surface area contributed by atoms with Gasteiger partial charge in [-0.15, -0.1) is 0 Å². The lowest BCUT2D eigenvalue weighted by Gasteiger charge is -2.39. The predicted octanol–water partition coefficient (Wildman–Crippen LogP) is 3.74. The van der Waals surface area contributed by atoms with Crippen LogP contribution in [0.1, 0.15) is 56.4 Å². The van der Waals surface area contributed by atoms with Crippen LogP contribution in [0.25, 0.3) is 0 Å². The molecular weight excluding hydrogens is 395 g/mol. The number of likely N-dealkylation sites (tertiary alicyclic amines) is 2. The molecular formula is C25H35FN2O3. The zero-order valence-electron chi connectivity index (χ0n) is 18.3. The Morgan fingerprint density at radius 1 is 1.13 bits per heavy atom. The quantitative estimate of drug-likeness (QED) is 0.714. The van der Waals surface area contributed by atoms with Crippen LogP contribution in [-0.2, 0) is 9.53 Å². The first kappa shape index (κ1) is 21.4. The fourth-order valence-corrected chi connectivity index (χ4v) is 6.02. The number of carbonyl (C=O) groups is 1. The summed E-state index contributed by atoms with van der Waals surface area (Å²) in [6.45, 7) is 5.77. The molecule has 3 saturated heterocycles. The highest BCUT2D eigenvalue weighted by atomic mass is 19.1. The maximum absolute atomic E-state index is 13.2. The molecule has 0 aromatic heterocycles. The summed E-state index contributed by atoms with van der Waals surface area (Å²) >= 11 is 0. The van der Waals surface area contributed by atoms with E-state index >= 15 is 0 Å². The van der Waals surface area contributed by atoms with Crippen LogP contribution in [-0.4, -0.2) is 71.8 Å². The minimum atomic E-state index is -0.637. The van der Waals surface area contributed by atoms with Crippen molar-refractivity contribution in [1.29, 1.82) is 0 Å². The lowest BCUT2D eigenvalue weighted by atomic mass is 9.83. The van der Waals surface area contributed by atoms with Crippen molar-refractivity contribution < 1.29 is 19.0 Å². The number of benzene rings is 1. The van der Waals surface area contributed by atoms with Crippen molar-refractivity contribution in [2.45, 2.75) is 62.5 Å². The van der Waals surface area contributed by atoms with E-state index in [9.17, 15) is 14.3 Å². The lowest BCUT2D eigenvalue weighted by molar-refractivity contribution is -0.143. The molecule has 1 aromatic carbocycles. The van der Waals surface area contributed by atoms with Gasteiger partial charge in [0.25, 0.3) is 0 Å². The highest BCUT2D eigenvalue weighted by molar-refractivity contribution is 5.73. The second-order valence-corrected chi connectivity index (χ2v) is 10.4. The molecule has 1 saturated carbocycles. The Hall–Kier alpha value is -1.50. The van der Waals surface area contributed by atoms with Crippen molar-refractivity contribution in [3.8, 4) is 0 Å². The summed E-state index contributed by atoms with van der Waals surface area (Å²) in [6, 6.07) is 6.62. The molecule has 4 aliphatic rings. The van der Waals surface area contributed by atoms with Crippen molar-refractivity contribution in [3.05, 3.63) is 35.6 Å². The van der Waals surface area contributed by atoms with Crippen LogP contribution >= 0.6 is 0 Å². The van der Waals surface area contributed by atoms with Gasteiger partial charge < -0.3 is 14.7 Å². The Morgan fingerprint density at radius 3 is 2.55 bits per heavy atom. The molecule has 0 bridgehead atoms. The topological polar surface area (TPSA) is 53.0 Å². The van der Waals surface area contributed by atoms with Gasteiger partial charge in [-0.3, -0.25) is 9.69 Å². The van der Waals surface area contributed by atoms with E-state index < -0.39 is 5.97 Å². The summed E-state index contributed by atoms with van der Waals surface area (Å²) in [5, 5.41) is 9.67. The van der Waals surface area contributed by atoms with Crippen molar-refractivity contribution in [2.75, 3.05) is 39.3 Å². The minimum Gasteiger partial charge on any atom is -0.480 e. The van der Waals surface area contributed by atoms with Crippen molar-refractivity contribution in [1.82, 2.24) is 9.80 Å². The summed E-state index contributed by atoms with van der Waals surface area (Å²) in [4.78, 5) is 16.5. The first-order valence-electron chi connectivity index (χ1n) is 12.1. The molecule has 0 radical (unpaired) electrons. The fraction of sp³-hybridized carbons (Fsp3) is 0.720. The SMILES string of the molecule is O=C(O)C(CC1CC1)N1CCC(CN2CCC3(CC2)CC(c2ccc(F)cc2)CO3)C1. The van der Waals surface area contributed by atoms with Gasteiger partial charge in [0.05, 0.1) is 12.2 Å². The van der Waals surface area contributed by atoms with Gasteiger partial charge in [-0.1, -0.05) is 25.0 Å². The normalized spacial score (nSPS) is 30.1. The van der Waals surface area contributed by atoms with Crippen LogP contribution in [0.5, 0.6) is 0 Å². The summed E-state index contributed by atoms with van der Waals surface area (Å²) < 4.78 is 19.5. The number of aliphatic carboxylic acids is 1. The molecule has 3 atom stereocenters. The van der Waals surface area contributed by atoms with Gasteiger partial charge in [0.2, 0.25) is 0 Å². The number of nitrogens with zero attached hydrogens (tertiary/aromatic N) is 2. The smallest absolute Gasteiger partial charge is 0.320 e. The highest BCUT2D eigenvalue weighted by Gasteiger charge is 2.44. The Labute approximate surface area is 184 Å². The van der Waals surface area contributed by atoms with Crippen LogP contribution in [0, 0.1) is 17.7 Å². The molecule has 6 heteroatoms. The number of rotatable bonds is 7. The maximum atomic E-state index is 13.2. The summed E-state index contributed by atoms with van der Waals surface area (Å²) in [7, 11) is 0. The zero-order chi connectivity index (χ0) is 21.4. The second kappa shape index (κ2) is 8.80. The van der Waals surface area contributed by atoms with Gasteiger partial charge in [-0.05, 0) is 68.2 Å². The fourth-order valence-electron chi connectivity index (χ4n) is 6.02. The zero-order valence-corrected chi connectivity index (χ0v) is 18.3. The highest BCUT2D eigenvalue weighted by Crippen LogP contribution is 2.43. The number of hydrogen-bond donors (Lipinski definition) is 1. The standard InChI is InChI=1S/C25H35FN2O3/c26-22-5-3-20(4-6-22)21-14-25(31-17-21)8-11-27(12-9-25)15-19-7-10-28(16-19)23(24(29)30)13-18-1-2-18/h3-6,18-19,21,23H,1-2,7-17H2,(H,29,30). The molecule has 170 valence electrons. The number of carboxylic acids is 1. The summed E-state index contributed by atoms with van der Waals surface area (Å²) in [5.41, 5.74) is 1.17. The van der Waals surface area contributed by atoms with Crippen LogP contribution < -0.4 is 0 Å². The van der Waals surface area contributed by atoms with Crippen LogP contribution in [0.4, 0.5) is 4.39 Å². The molecule has 3 unspecified atom stereocenters. The predicted molar refractivity (Wildman–Crippen MR) is 117 cm³/mol.